The molecule has 0 saturated carbocycles. The van der Waals surface area contributed by atoms with Crippen molar-refractivity contribution in [3.63, 3.8) is 0 Å². The Kier molecular flexibility index (Phi) is 17.7. The number of ether oxygens (including phenoxy) is 4. The predicted molar refractivity (Wildman–Crippen MR) is 172 cm³/mol. The fourth-order valence-electron chi connectivity index (χ4n) is 5.93. The quantitative estimate of drug-likeness (QED) is 0.110. The number of esters is 2. The molecule has 43 heavy (non-hydrogen) atoms. The molecule has 0 spiro atoms. The van der Waals surface area contributed by atoms with Crippen molar-refractivity contribution in [2.45, 2.75) is 110 Å². The number of carbonyl (C=O) groups excluding carboxylic acids is 2. The van der Waals surface area contributed by atoms with Crippen LogP contribution in [0.25, 0.3) is 0 Å². The first-order chi connectivity index (χ1) is 20.9. The van der Waals surface area contributed by atoms with Crippen LogP contribution >= 0.6 is 0 Å². The molecule has 0 radical (unpaired) electrons. The second-order valence-electron chi connectivity index (χ2n) is 11.3. The fraction of sp³-hybridized carbons (Fsp3) is 0.657. The topological polar surface area (TPSA) is 109 Å². The molecular weight excluding hydrogens is 544 g/mol. The number of nitrogens with two attached hydrogens (primary N) is 1. The summed E-state index contributed by atoms with van der Waals surface area (Å²) in [6.07, 6.45) is 17.5. The number of nitrogens with one attached hydrogen (secondary N) is 1. The first-order valence-electron chi connectivity index (χ1n) is 16.3. The van der Waals surface area contributed by atoms with E-state index in [2.05, 4.69) is 18.3 Å². The average Bonchev–Trinajstić information content (AvgIpc) is 3.02. The van der Waals surface area contributed by atoms with Gasteiger partial charge >= 0.3 is 11.9 Å². The highest BCUT2D eigenvalue weighted by Gasteiger charge is 2.41. The number of rotatable bonds is 22. The summed E-state index contributed by atoms with van der Waals surface area (Å²) < 4.78 is 22.0. The summed E-state index contributed by atoms with van der Waals surface area (Å²) in [4.78, 5) is 26.5. The number of unbranched alkanes of at least 4 members (excludes halogenated alkanes) is 12. The summed E-state index contributed by atoms with van der Waals surface area (Å²) in [5.41, 5.74) is 9.23. The molecule has 1 aliphatic rings. The van der Waals surface area contributed by atoms with E-state index in [9.17, 15) is 9.59 Å². The number of hydrogen-bond acceptors (Lipinski definition) is 8. The summed E-state index contributed by atoms with van der Waals surface area (Å²) in [6.45, 7) is 4.86. The normalized spacial score (nSPS) is 15.0. The molecule has 0 aromatic heterocycles. The lowest BCUT2D eigenvalue weighted by molar-refractivity contribution is -0.137. The third kappa shape index (κ3) is 11.3. The van der Waals surface area contributed by atoms with Gasteiger partial charge in [-0.05, 0) is 31.4 Å². The van der Waals surface area contributed by atoms with Crippen LogP contribution in [-0.2, 0) is 30.2 Å². The summed E-state index contributed by atoms with van der Waals surface area (Å²) >= 11 is 0. The summed E-state index contributed by atoms with van der Waals surface area (Å²) in [6, 6.07) is 5.89. The van der Waals surface area contributed by atoms with Gasteiger partial charge in [-0.2, -0.15) is 0 Å². The van der Waals surface area contributed by atoms with E-state index in [4.69, 9.17) is 24.7 Å². The molecule has 242 valence electrons. The van der Waals surface area contributed by atoms with Crippen LogP contribution in [0.15, 0.2) is 40.7 Å². The molecule has 3 N–H and O–H groups in total. The second-order valence-corrected chi connectivity index (χ2v) is 11.3. The van der Waals surface area contributed by atoms with Gasteiger partial charge in [0.1, 0.15) is 5.75 Å². The second kappa shape index (κ2) is 21.0. The van der Waals surface area contributed by atoms with E-state index < -0.39 is 17.9 Å². The molecule has 0 amide bonds. The lowest BCUT2D eigenvalue weighted by Crippen LogP contribution is -2.35. The van der Waals surface area contributed by atoms with Gasteiger partial charge in [0, 0.05) is 17.8 Å². The van der Waals surface area contributed by atoms with Gasteiger partial charge in [0.25, 0.3) is 0 Å². The van der Waals surface area contributed by atoms with Gasteiger partial charge in [-0.15, -0.1) is 0 Å². The van der Waals surface area contributed by atoms with Crippen molar-refractivity contribution >= 4 is 11.9 Å². The van der Waals surface area contributed by atoms with Crippen LogP contribution in [0.5, 0.6) is 5.75 Å². The summed E-state index contributed by atoms with van der Waals surface area (Å²) in [5.74, 6) is -1.20. The summed E-state index contributed by atoms with van der Waals surface area (Å²) in [7, 11) is 4.29. The number of benzene rings is 1. The smallest absolute Gasteiger partial charge is 0.336 e. The predicted octanol–water partition coefficient (Wildman–Crippen LogP) is 6.87. The average molecular weight is 601 g/mol. The molecule has 1 heterocycles. The van der Waals surface area contributed by atoms with Crippen LogP contribution < -0.4 is 15.8 Å². The van der Waals surface area contributed by atoms with Crippen molar-refractivity contribution in [1.82, 2.24) is 5.32 Å². The van der Waals surface area contributed by atoms with E-state index in [0.717, 1.165) is 30.4 Å². The lowest BCUT2D eigenvalue weighted by atomic mass is 9.77. The molecular formula is C35H56N2O6. The van der Waals surface area contributed by atoms with E-state index in [1.54, 1.807) is 14.0 Å². The van der Waals surface area contributed by atoms with Crippen LogP contribution in [0.3, 0.4) is 0 Å². The third-order valence-electron chi connectivity index (χ3n) is 8.18. The molecule has 0 bridgehead atoms. The van der Waals surface area contributed by atoms with Crippen molar-refractivity contribution in [3.8, 4) is 5.75 Å². The SMILES string of the molecule is CCCCCCCCCCCCCCCc1cccc(OC)c1C1C(C(=O)OC)=C(C)NC(COCCN)=C1C(=O)OC. The molecule has 0 aliphatic carbocycles. The molecule has 8 nitrogen and oxygen atoms in total. The Morgan fingerprint density at radius 3 is 1.91 bits per heavy atom. The number of dihydropyridines is 1. The Balaban J connectivity index is 2.20. The van der Waals surface area contributed by atoms with Crippen molar-refractivity contribution in [3.05, 3.63) is 51.9 Å². The highest BCUT2D eigenvalue weighted by atomic mass is 16.5. The van der Waals surface area contributed by atoms with Gasteiger partial charge in [-0.1, -0.05) is 96.1 Å². The Labute approximate surface area is 259 Å². The van der Waals surface area contributed by atoms with Gasteiger partial charge in [-0.3, -0.25) is 0 Å². The highest BCUT2D eigenvalue weighted by Crippen LogP contribution is 2.44. The molecule has 1 aliphatic heterocycles. The molecule has 8 heteroatoms. The van der Waals surface area contributed by atoms with Crippen LogP contribution in [-0.4, -0.2) is 53.0 Å². The molecule has 1 aromatic rings. The zero-order valence-electron chi connectivity index (χ0n) is 27.4. The molecule has 1 unspecified atom stereocenters. The van der Waals surface area contributed by atoms with Crippen LogP contribution in [0.1, 0.15) is 114 Å². The highest BCUT2D eigenvalue weighted by molar-refractivity contribution is 6.00. The number of aryl methyl sites for hydroxylation is 1. The number of carbonyl (C=O) groups is 2. The molecule has 2 rings (SSSR count). The maximum Gasteiger partial charge on any atom is 0.336 e. The van der Waals surface area contributed by atoms with Gasteiger partial charge in [-0.25, -0.2) is 9.59 Å². The monoisotopic (exact) mass is 600 g/mol. The minimum Gasteiger partial charge on any atom is -0.496 e. The molecule has 1 aromatic carbocycles. The summed E-state index contributed by atoms with van der Waals surface area (Å²) in [5, 5.41) is 3.21. The first-order valence-corrected chi connectivity index (χ1v) is 16.3. The van der Waals surface area contributed by atoms with E-state index in [1.165, 1.54) is 84.8 Å². The van der Waals surface area contributed by atoms with E-state index in [0.29, 0.717) is 41.4 Å². The zero-order chi connectivity index (χ0) is 31.5. The lowest BCUT2D eigenvalue weighted by Gasteiger charge is -2.33. The number of methoxy groups -OCH3 is 3. The fourth-order valence-corrected chi connectivity index (χ4v) is 5.93. The van der Waals surface area contributed by atoms with Crippen molar-refractivity contribution in [1.29, 1.82) is 0 Å². The first kappa shape index (κ1) is 36.4. The van der Waals surface area contributed by atoms with Crippen LogP contribution in [0, 0.1) is 0 Å². The van der Waals surface area contributed by atoms with Gasteiger partial charge in [0.05, 0.1) is 57.3 Å². The Bertz CT molecular complexity index is 1060. The van der Waals surface area contributed by atoms with Gasteiger partial charge < -0.3 is 30.0 Å². The maximum absolute atomic E-state index is 13.3. The van der Waals surface area contributed by atoms with E-state index in [-0.39, 0.29) is 6.61 Å². The van der Waals surface area contributed by atoms with E-state index >= 15 is 0 Å². The largest absolute Gasteiger partial charge is 0.496 e. The standard InChI is InChI=1S/C35H56N2O6/c1-6-7-8-9-10-11-12-13-14-15-16-17-18-20-27-21-19-22-29(40-3)31(27)33-30(34(38)41-4)26(2)37-28(25-43-24-23-36)32(33)35(39)42-5/h19,21-22,33,37H,6-18,20,23-25,36H2,1-5H3. The number of hydrogen-bond donors (Lipinski definition) is 2. The zero-order valence-corrected chi connectivity index (χ0v) is 27.4. The molecule has 1 atom stereocenters. The third-order valence-corrected chi connectivity index (χ3v) is 8.18. The Morgan fingerprint density at radius 2 is 1.37 bits per heavy atom. The number of allylic oxidation sites excluding steroid dienone is 1. The van der Waals surface area contributed by atoms with E-state index in [1.807, 2.05) is 12.1 Å². The van der Waals surface area contributed by atoms with Crippen LogP contribution in [0.4, 0.5) is 0 Å². The Morgan fingerprint density at radius 1 is 0.814 bits per heavy atom. The van der Waals surface area contributed by atoms with Crippen molar-refractivity contribution < 1.29 is 28.5 Å². The molecule has 0 fully saturated rings. The maximum atomic E-state index is 13.3. The molecule has 0 saturated heterocycles. The van der Waals surface area contributed by atoms with Gasteiger partial charge in [0.15, 0.2) is 0 Å². The minimum absolute atomic E-state index is 0.118. The van der Waals surface area contributed by atoms with Crippen molar-refractivity contribution in [2.24, 2.45) is 5.73 Å². The van der Waals surface area contributed by atoms with Crippen molar-refractivity contribution in [2.75, 3.05) is 41.1 Å². The Hall–Kier alpha value is -2.84. The van der Waals surface area contributed by atoms with Gasteiger partial charge in [0.2, 0.25) is 0 Å². The van der Waals surface area contributed by atoms with Crippen LogP contribution in [0.2, 0.25) is 0 Å². The minimum atomic E-state index is -0.745.